The third-order valence-electron chi connectivity index (χ3n) is 4.96. The predicted octanol–water partition coefficient (Wildman–Crippen LogP) is 7.09. The van der Waals surface area contributed by atoms with E-state index >= 15 is 0 Å². The number of rotatable bonds is 22. The zero-order valence-electron chi connectivity index (χ0n) is 19.7. The van der Waals surface area contributed by atoms with Gasteiger partial charge in [-0.1, -0.05) is 103 Å². The molecule has 0 aliphatic heterocycles. The minimum absolute atomic E-state index is 0.0981. The lowest BCUT2D eigenvalue weighted by Gasteiger charge is -2.06. The molecule has 0 saturated carbocycles. The molecule has 0 radical (unpaired) electrons. The van der Waals surface area contributed by atoms with Gasteiger partial charge in [-0.2, -0.15) is 8.42 Å². The fraction of sp³-hybridized carbons (Fsp3) is 0.917. The monoisotopic (exact) mass is 451 g/mol. The average Bonchev–Trinajstić information content (AvgIpc) is 2.74. The first-order valence-corrected chi connectivity index (χ1v) is 13.9. The zero-order chi connectivity index (χ0) is 22.8. The molecule has 0 heterocycles. The fourth-order valence-corrected chi connectivity index (χ4v) is 4.14. The molecule has 0 aliphatic carbocycles. The number of alkyl halides is 1. The van der Waals surface area contributed by atoms with Crippen LogP contribution in [0.25, 0.3) is 0 Å². The molecule has 182 valence electrons. The quantitative estimate of drug-likeness (QED) is 0.108. The lowest BCUT2D eigenvalue weighted by atomic mass is 10.1. The number of halogens is 1. The second-order valence-corrected chi connectivity index (χ2v) is 9.71. The molecule has 0 aromatic heterocycles. The molecule has 0 bridgehead atoms. The molecular weight excluding hydrogens is 401 g/mol. The summed E-state index contributed by atoms with van der Waals surface area (Å²) < 4.78 is 40.5. The maximum Gasteiger partial charge on any atom is 0.267 e. The molecule has 0 aromatic rings. The van der Waals surface area contributed by atoms with Crippen molar-refractivity contribution in [3.63, 3.8) is 0 Å². The maximum atomic E-state index is 11.9. The van der Waals surface area contributed by atoms with Crippen molar-refractivity contribution >= 4 is 10.1 Å². The van der Waals surface area contributed by atoms with Gasteiger partial charge in [0.15, 0.2) is 0 Å². The Kier molecular flexibility index (Phi) is 28.1. The van der Waals surface area contributed by atoms with E-state index in [1.807, 2.05) is 0 Å². The molecule has 0 spiro atoms. The van der Waals surface area contributed by atoms with Crippen LogP contribution >= 0.6 is 0 Å². The van der Waals surface area contributed by atoms with E-state index in [0.717, 1.165) is 32.1 Å². The van der Waals surface area contributed by atoms with E-state index < -0.39 is 10.1 Å². The largest absolute Gasteiger partial charge is 0.327 e. The van der Waals surface area contributed by atoms with Gasteiger partial charge in [-0.05, 0) is 19.3 Å². The van der Waals surface area contributed by atoms with E-state index in [2.05, 4.69) is 13.5 Å². The van der Waals surface area contributed by atoms with Crippen LogP contribution in [0.5, 0.6) is 0 Å². The van der Waals surface area contributed by atoms with Crippen LogP contribution in [-0.2, 0) is 14.3 Å². The summed E-state index contributed by atoms with van der Waals surface area (Å²) in [5, 5.41) is 0. The fourth-order valence-electron chi connectivity index (χ4n) is 3.09. The third-order valence-corrected chi connectivity index (χ3v) is 6.27. The maximum absolute atomic E-state index is 11.9. The van der Waals surface area contributed by atoms with Crippen molar-refractivity contribution in [1.29, 1.82) is 0 Å². The van der Waals surface area contributed by atoms with Gasteiger partial charge in [0.25, 0.3) is 10.1 Å². The van der Waals surface area contributed by atoms with Gasteiger partial charge in [-0.3, -0.25) is 8.57 Å². The Hall–Kier alpha value is -0.460. The molecule has 2 N–H and O–H groups in total. The highest BCUT2D eigenvalue weighted by Crippen LogP contribution is 2.12. The van der Waals surface area contributed by atoms with Crippen molar-refractivity contribution in [3.8, 4) is 0 Å². The van der Waals surface area contributed by atoms with Crippen LogP contribution in [0, 0.1) is 0 Å². The van der Waals surface area contributed by atoms with E-state index in [1.54, 1.807) is 6.08 Å². The first-order valence-electron chi connectivity index (χ1n) is 12.3. The molecule has 6 heteroatoms. The topological polar surface area (TPSA) is 69.4 Å². The molecule has 0 rings (SSSR count). The summed E-state index contributed by atoms with van der Waals surface area (Å²) in [6.45, 7) is 6.23. The van der Waals surface area contributed by atoms with Crippen LogP contribution in [0.4, 0.5) is 4.39 Å². The van der Waals surface area contributed by atoms with Crippen molar-refractivity contribution in [2.75, 3.05) is 25.6 Å². The van der Waals surface area contributed by atoms with Crippen LogP contribution in [0.1, 0.15) is 116 Å². The second-order valence-electron chi connectivity index (χ2n) is 7.95. The molecule has 30 heavy (non-hydrogen) atoms. The van der Waals surface area contributed by atoms with Crippen molar-refractivity contribution in [1.82, 2.24) is 0 Å². The van der Waals surface area contributed by atoms with Crippen molar-refractivity contribution < 1.29 is 17.0 Å². The van der Waals surface area contributed by atoms with Gasteiger partial charge in [0.2, 0.25) is 0 Å². The van der Waals surface area contributed by atoms with Gasteiger partial charge in [-0.15, -0.1) is 6.58 Å². The Morgan fingerprint density at radius 3 is 1.60 bits per heavy atom. The average molecular weight is 452 g/mol. The third kappa shape index (κ3) is 29.7. The number of nitrogens with two attached hydrogens (primary N) is 1. The number of unbranched alkanes of at least 4 members (excludes halogenated alkanes) is 15. The summed E-state index contributed by atoms with van der Waals surface area (Å²) in [7, 11) is -3.36. The lowest BCUT2D eigenvalue weighted by molar-refractivity contribution is 0.305. The molecule has 0 fully saturated rings. The normalized spacial score (nSPS) is 11.2. The highest BCUT2D eigenvalue weighted by Gasteiger charge is 2.10. The van der Waals surface area contributed by atoms with Gasteiger partial charge < -0.3 is 5.73 Å². The molecule has 0 aliphatic rings. The van der Waals surface area contributed by atoms with E-state index in [9.17, 15) is 12.8 Å². The molecule has 0 saturated heterocycles. The van der Waals surface area contributed by atoms with E-state index in [4.69, 9.17) is 9.92 Å². The minimum atomic E-state index is -3.36. The van der Waals surface area contributed by atoms with Crippen LogP contribution in [0.2, 0.25) is 0 Å². The minimum Gasteiger partial charge on any atom is -0.327 e. The molecule has 0 unspecified atom stereocenters. The summed E-state index contributed by atoms with van der Waals surface area (Å²) in [6, 6.07) is 0. The van der Waals surface area contributed by atoms with Crippen molar-refractivity contribution in [2.24, 2.45) is 5.73 Å². The SMILES string of the molecule is C=CCN.CCCCCCCCCCCCCCOS(=O)(=O)CCCCCCCF. The van der Waals surface area contributed by atoms with E-state index in [1.165, 1.54) is 64.2 Å². The van der Waals surface area contributed by atoms with Crippen LogP contribution in [0.15, 0.2) is 12.7 Å². The number of hydrogen-bond donors (Lipinski definition) is 1. The molecular formula is C24H50FNO3S. The summed E-state index contributed by atoms with van der Waals surface area (Å²) in [6.07, 6.45) is 20.6. The molecule has 0 aromatic carbocycles. The first-order chi connectivity index (χ1) is 14.5. The van der Waals surface area contributed by atoms with Crippen molar-refractivity contribution in [2.45, 2.75) is 116 Å². The smallest absolute Gasteiger partial charge is 0.267 e. The highest BCUT2D eigenvalue weighted by molar-refractivity contribution is 7.86. The van der Waals surface area contributed by atoms with Gasteiger partial charge in [-0.25, -0.2) is 0 Å². The Morgan fingerprint density at radius 1 is 0.767 bits per heavy atom. The van der Waals surface area contributed by atoms with Gasteiger partial charge >= 0.3 is 0 Å². The summed E-state index contributed by atoms with van der Waals surface area (Å²) in [5.74, 6) is 0.0981. The lowest BCUT2D eigenvalue weighted by Crippen LogP contribution is -2.11. The Morgan fingerprint density at radius 2 is 1.17 bits per heavy atom. The zero-order valence-corrected chi connectivity index (χ0v) is 20.5. The summed E-state index contributed by atoms with van der Waals surface area (Å²) in [4.78, 5) is 0. The van der Waals surface area contributed by atoms with Crippen LogP contribution in [-0.4, -0.2) is 34.0 Å². The van der Waals surface area contributed by atoms with Gasteiger partial charge in [0, 0.05) is 6.54 Å². The Bertz CT molecular complexity index is 430. The van der Waals surface area contributed by atoms with Gasteiger partial charge in [0.1, 0.15) is 0 Å². The Labute approximate surface area is 187 Å². The summed E-state index contributed by atoms with van der Waals surface area (Å²) >= 11 is 0. The van der Waals surface area contributed by atoms with Gasteiger partial charge in [0.05, 0.1) is 19.0 Å². The second kappa shape index (κ2) is 26.6. The number of hydrogen-bond acceptors (Lipinski definition) is 4. The first kappa shape index (κ1) is 31.7. The summed E-state index contributed by atoms with van der Waals surface area (Å²) in [5.41, 5.74) is 4.91. The van der Waals surface area contributed by atoms with E-state index in [0.29, 0.717) is 26.0 Å². The van der Waals surface area contributed by atoms with Crippen LogP contribution < -0.4 is 5.73 Å². The standard InChI is InChI=1S/C21H43FO3S.C3H7N/c1-2-3-4-5-6-7-8-9-10-11-14-17-20-25-26(23,24)21-18-15-12-13-16-19-22;1-2-3-4/h2-21H2,1H3;2H,1,3-4H2. The molecule has 0 amide bonds. The highest BCUT2D eigenvalue weighted by atomic mass is 32.2. The van der Waals surface area contributed by atoms with E-state index in [-0.39, 0.29) is 12.4 Å². The Balaban J connectivity index is 0. The molecule has 0 atom stereocenters. The van der Waals surface area contributed by atoms with Crippen molar-refractivity contribution in [3.05, 3.63) is 12.7 Å². The van der Waals surface area contributed by atoms with Crippen LogP contribution in [0.3, 0.4) is 0 Å². The molecule has 4 nitrogen and oxygen atoms in total. The predicted molar refractivity (Wildman–Crippen MR) is 129 cm³/mol.